The third kappa shape index (κ3) is 3.22. The lowest BCUT2D eigenvalue weighted by Gasteiger charge is -2.34. The van der Waals surface area contributed by atoms with Crippen molar-refractivity contribution < 1.29 is 9.59 Å². The van der Waals surface area contributed by atoms with E-state index in [1.807, 2.05) is 59.5 Å². The van der Waals surface area contributed by atoms with Crippen LogP contribution in [0.25, 0.3) is 0 Å². The van der Waals surface area contributed by atoms with Crippen molar-refractivity contribution in [2.45, 2.75) is 37.6 Å². The standard InChI is InChI=1S/C28H24N2O2/c29-18-21-10-4-5-11-22(21)19-30-26-13-7-6-12-25(26)28(27(30)32,23-14-15-24(31)16-23)17-20-8-2-1-3-9-20/h1-13,23H,14-17,19H2/t23-,28-/m0/s1. The minimum absolute atomic E-state index is 0.0277. The summed E-state index contributed by atoms with van der Waals surface area (Å²) in [4.78, 5) is 28.5. The number of hydrogen-bond acceptors (Lipinski definition) is 3. The number of nitriles is 1. The molecule has 1 aliphatic carbocycles. The molecule has 0 bridgehead atoms. The average Bonchev–Trinajstić information content (AvgIpc) is 3.36. The highest BCUT2D eigenvalue weighted by molar-refractivity contribution is 6.09. The largest absolute Gasteiger partial charge is 0.307 e. The van der Waals surface area contributed by atoms with Gasteiger partial charge in [-0.25, -0.2) is 0 Å². The summed E-state index contributed by atoms with van der Waals surface area (Å²) in [5, 5.41) is 9.56. The Morgan fingerprint density at radius 2 is 1.66 bits per heavy atom. The average molecular weight is 421 g/mol. The highest BCUT2D eigenvalue weighted by Crippen LogP contribution is 2.52. The number of fused-ring (bicyclic) bond motifs is 1. The fraction of sp³-hybridized carbons (Fsp3) is 0.250. The van der Waals surface area contributed by atoms with Crippen molar-refractivity contribution in [1.82, 2.24) is 0 Å². The van der Waals surface area contributed by atoms with Crippen LogP contribution >= 0.6 is 0 Å². The van der Waals surface area contributed by atoms with Gasteiger partial charge in [-0.2, -0.15) is 5.26 Å². The normalized spacial score (nSPS) is 22.1. The minimum Gasteiger partial charge on any atom is -0.307 e. The van der Waals surface area contributed by atoms with E-state index in [2.05, 4.69) is 24.3 Å². The van der Waals surface area contributed by atoms with Gasteiger partial charge in [0.2, 0.25) is 5.91 Å². The summed E-state index contributed by atoms with van der Waals surface area (Å²) in [6.07, 6.45) is 2.27. The maximum Gasteiger partial charge on any atom is 0.238 e. The summed E-state index contributed by atoms with van der Waals surface area (Å²) in [6.45, 7) is 0.344. The molecule has 158 valence electrons. The zero-order chi connectivity index (χ0) is 22.1. The number of nitrogens with zero attached hydrogens (tertiary/aromatic N) is 2. The smallest absolute Gasteiger partial charge is 0.238 e. The molecule has 4 heteroatoms. The number of carbonyl (C=O) groups is 2. The van der Waals surface area contributed by atoms with Crippen LogP contribution in [0, 0.1) is 17.2 Å². The van der Waals surface area contributed by atoms with Crippen LogP contribution in [0.15, 0.2) is 78.9 Å². The Labute approximate surface area is 188 Å². The van der Waals surface area contributed by atoms with Crippen LogP contribution in [-0.2, 0) is 28.0 Å². The van der Waals surface area contributed by atoms with Crippen LogP contribution in [0.2, 0.25) is 0 Å². The Balaban J connectivity index is 1.64. The van der Waals surface area contributed by atoms with Gasteiger partial charge in [0.1, 0.15) is 5.78 Å². The number of Topliss-reactive ketones (excluding diaryl/α,β-unsaturated/α-hetero) is 1. The molecule has 1 heterocycles. The molecule has 2 atom stereocenters. The van der Waals surface area contributed by atoms with E-state index in [4.69, 9.17) is 0 Å². The number of rotatable bonds is 5. The lowest BCUT2D eigenvalue weighted by atomic mass is 9.66. The quantitative estimate of drug-likeness (QED) is 0.586. The second-order valence-electron chi connectivity index (χ2n) is 8.79. The molecule has 0 spiro atoms. The molecule has 3 aromatic carbocycles. The fourth-order valence-corrected chi connectivity index (χ4v) is 5.51. The van der Waals surface area contributed by atoms with E-state index in [-0.39, 0.29) is 17.6 Å². The molecule has 1 aliphatic heterocycles. The maximum absolute atomic E-state index is 14.3. The van der Waals surface area contributed by atoms with E-state index in [9.17, 15) is 14.9 Å². The highest BCUT2D eigenvalue weighted by atomic mass is 16.2. The van der Waals surface area contributed by atoms with Gasteiger partial charge in [0.25, 0.3) is 0 Å². The molecule has 5 rings (SSSR count). The Bertz CT molecular complexity index is 1230. The second-order valence-corrected chi connectivity index (χ2v) is 8.79. The van der Waals surface area contributed by atoms with Crippen LogP contribution < -0.4 is 4.90 Å². The molecule has 4 nitrogen and oxygen atoms in total. The van der Waals surface area contributed by atoms with Crippen molar-refractivity contribution in [3.05, 3.63) is 101 Å². The molecular formula is C28H24N2O2. The van der Waals surface area contributed by atoms with Crippen LogP contribution in [0.3, 0.4) is 0 Å². The summed E-state index contributed by atoms with van der Waals surface area (Å²) >= 11 is 0. The van der Waals surface area contributed by atoms with Crippen molar-refractivity contribution >= 4 is 17.4 Å². The Morgan fingerprint density at radius 3 is 2.41 bits per heavy atom. The molecule has 2 aliphatic rings. The number of anilines is 1. The third-order valence-corrected chi connectivity index (χ3v) is 7.04. The van der Waals surface area contributed by atoms with Crippen LogP contribution in [0.4, 0.5) is 5.69 Å². The van der Waals surface area contributed by atoms with Gasteiger partial charge in [0, 0.05) is 18.5 Å². The summed E-state index contributed by atoms with van der Waals surface area (Å²) < 4.78 is 0. The molecular weight excluding hydrogens is 396 g/mol. The van der Waals surface area contributed by atoms with E-state index >= 15 is 0 Å². The van der Waals surface area contributed by atoms with Crippen molar-refractivity contribution in [2.24, 2.45) is 5.92 Å². The van der Waals surface area contributed by atoms with Gasteiger partial charge in [0.05, 0.1) is 23.6 Å². The minimum atomic E-state index is -0.772. The van der Waals surface area contributed by atoms with E-state index in [0.717, 1.165) is 28.8 Å². The van der Waals surface area contributed by atoms with Gasteiger partial charge in [0.15, 0.2) is 0 Å². The second kappa shape index (κ2) is 8.09. The van der Waals surface area contributed by atoms with E-state index in [0.29, 0.717) is 31.4 Å². The molecule has 0 unspecified atom stereocenters. The Kier molecular flexibility index (Phi) is 5.11. The first-order chi connectivity index (χ1) is 15.6. The number of amides is 1. The number of carbonyl (C=O) groups excluding carboxylic acids is 2. The van der Waals surface area contributed by atoms with Gasteiger partial charge < -0.3 is 4.90 Å². The first kappa shape index (κ1) is 20.2. The third-order valence-electron chi connectivity index (χ3n) is 7.04. The number of para-hydroxylation sites is 1. The first-order valence-electron chi connectivity index (χ1n) is 11.1. The molecule has 0 saturated heterocycles. The Hall–Kier alpha value is -3.71. The predicted octanol–water partition coefficient (Wildman–Crippen LogP) is 4.95. The molecule has 3 aromatic rings. The van der Waals surface area contributed by atoms with Gasteiger partial charge in [-0.05, 0) is 47.6 Å². The summed E-state index contributed by atoms with van der Waals surface area (Å²) in [7, 11) is 0. The van der Waals surface area contributed by atoms with Gasteiger partial charge >= 0.3 is 0 Å². The molecule has 1 amide bonds. The maximum atomic E-state index is 14.3. The molecule has 0 aromatic heterocycles. The van der Waals surface area contributed by atoms with Crippen molar-refractivity contribution in [3.63, 3.8) is 0 Å². The summed E-state index contributed by atoms with van der Waals surface area (Å²) in [5.41, 5.74) is 3.62. The zero-order valence-electron chi connectivity index (χ0n) is 17.8. The SMILES string of the molecule is N#Cc1ccccc1CN1C(=O)[C@@](Cc2ccccc2)([C@H]2CCC(=O)C2)c2ccccc21. The monoisotopic (exact) mass is 420 g/mol. The molecule has 1 fully saturated rings. The zero-order valence-corrected chi connectivity index (χ0v) is 17.8. The number of hydrogen-bond donors (Lipinski definition) is 0. The number of ketones is 1. The lowest BCUT2D eigenvalue weighted by molar-refractivity contribution is -0.125. The summed E-state index contributed by atoms with van der Waals surface area (Å²) in [5.74, 6) is 0.246. The van der Waals surface area contributed by atoms with Gasteiger partial charge in [-0.15, -0.1) is 0 Å². The van der Waals surface area contributed by atoms with E-state index in [1.165, 1.54) is 0 Å². The van der Waals surface area contributed by atoms with Crippen molar-refractivity contribution in [2.75, 3.05) is 4.90 Å². The molecule has 32 heavy (non-hydrogen) atoms. The van der Waals surface area contributed by atoms with Gasteiger partial charge in [-0.1, -0.05) is 66.7 Å². The van der Waals surface area contributed by atoms with E-state index in [1.54, 1.807) is 6.07 Å². The van der Waals surface area contributed by atoms with E-state index < -0.39 is 5.41 Å². The first-order valence-corrected chi connectivity index (χ1v) is 11.1. The molecule has 0 radical (unpaired) electrons. The van der Waals surface area contributed by atoms with Gasteiger partial charge in [-0.3, -0.25) is 9.59 Å². The van der Waals surface area contributed by atoms with Crippen molar-refractivity contribution in [1.29, 1.82) is 5.26 Å². The lowest BCUT2D eigenvalue weighted by Crippen LogP contribution is -2.46. The van der Waals surface area contributed by atoms with Crippen LogP contribution in [-0.4, -0.2) is 11.7 Å². The molecule has 0 N–H and O–H groups in total. The summed E-state index contributed by atoms with van der Waals surface area (Å²) in [6, 6.07) is 27.7. The molecule has 1 saturated carbocycles. The number of benzene rings is 3. The van der Waals surface area contributed by atoms with Crippen LogP contribution in [0.1, 0.15) is 41.5 Å². The van der Waals surface area contributed by atoms with Crippen molar-refractivity contribution in [3.8, 4) is 6.07 Å². The fourth-order valence-electron chi connectivity index (χ4n) is 5.51. The Morgan fingerprint density at radius 1 is 0.938 bits per heavy atom. The van der Waals surface area contributed by atoms with Crippen LogP contribution in [0.5, 0.6) is 0 Å². The highest BCUT2D eigenvalue weighted by Gasteiger charge is 2.56. The topological polar surface area (TPSA) is 61.2 Å². The predicted molar refractivity (Wildman–Crippen MR) is 123 cm³/mol.